The van der Waals surface area contributed by atoms with Gasteiger partial charge in [0.25, 0.3) is 5.91 Å². The number of hydrogen-bond acceptors (Lipinski definition) is 4. The van der Waals surface area contributed by atoms with Crippen LogP contribution in [0.15, 0.2) is 0 Å². The van der Waals surface area contributed by atoms with Crippen LogP contribution in [-0.4, -0.2) is 41.4 Å². The number of likely N-dealkylation sites (tertiary alicyclic amines) is 1. The molecule has 25 heavy (non-hydrogen) atoms. The third kappa shape index (κ3) is 2.83. The van der Waals surface area contributed by atoms with Crippen molar-refractivity contribution in [2.45, 2.75) is 70.4 Å². The zero-order chi connectivity index (χ0) is 17.8. The van der Waals surface area contributed by atoms with Crippen LogP contribution in [0.1, 0.15) is 58.3 Å². The van der Waals surface area contributed by atoms with Crippen molar-refractivity contribution in [1.29, 1.82) is 0 Å². The number of nitrogens with zero attached hydrogens (tertiary/aromatic N) is 1. The molecule has 6 heteroatoms. The first-order chi connectivity index (χ1) is 11.9. The summed E-state index contributed by atoms with van der Waals surface area (Å²) in [6.07, 6.45) is 7.31. The largest absolute Gasteiger partial charge is 0.451 e. The average Bonchev–Trinajstić information content (AvgIpc) is 3.02. The molecule has 4 bridgehead atoms. The number of carbonyl (C=O) groups is 3. The number of hydrogen-bond donors (Lipinski definition) is 1. The molecule has 2 atom stereocenters. The lowest BCUT2D eigenvalue weighted by Gasteiger charge is -2.56. The van der Waals surface area contributed by atoms with Gasteiger partial charge in [0.05, 0.1) is 5.41 Å². The Balaban J connectivity index is 1.49. The maximum atomic E-state index is 13.5. The summed E-state index contributed by atoms with van der Waals surface area (Å²) >= 11 is 0. The SMILES string of the molecule is CC(OC(=O)C1CCCN1C(=O)C12CC3CC(CC(C3)C1)C2)C(N)=O. The zero-order valence-corrected chi connectivity index (χ0v) is 14.9. The van der Waals surface area contributed by atoms with Crippen molar-refractivity contribution in [3.63, 3.8) is 0 Å². The number of ether oxygens (including phenoxy) is 1. The summed E-state index contributed by atoms with van der Waals surface area (Å²) in [4.78, 5) is 38.9. The molecule has 5 fully saturated rings. The second-order valence-corrected chi connectivity index (χ2v) is 8.84. The molecule has 1 aliphatic heterocycles. The molecule has 1 heterocycles. The Morgan fingerprint density at radius 2 is 1.64 bits per heavy atom. The Kier molecular flexibility index (Phi) is 4.04. The third-order valence-corrected chi connectivity index (χ3v) is 6.97. The first-order valence-electron chi connectivity index (χ1n) is 9.69. The zero-order valence-electron chi connectivity index (χ0n) is 14.9. The molecule has 2 unspecified atom stereocenters. The summed E-state index contributed by atoms with van der Waals surface area (Å²) in [6.45, 7) is 2.09. The molecule has 1 saturated heterocycles. The van der Waals surface area contributed by atoms with Gasteiger partial charge in [-0.3, -0.25) is 9.59 Å². The molecule has 138 valence electrons. The van der Waals surface area contributed by atoms with E-state index in [1.807, 2.05) is 0 Å². The average molecular weight is 348 g/mol. The highest BCUT2D eigenvalue weighted by molar-refractivity contribution is 5.90. The molecule has 5 rings (SSSR count). The highest BCUT2D eigenvalue weighted by atomic mass is 16.5. The first kappa shape index (κ1) is 16.9. The van der Waals surface area contributed by atoms with Gasteiger partial charge < -0.3 is 15.4 Å². The molecule has 0 spiro atoms. The van der Waals surface area contributed by atoms with E-state index in [0.29, 0.717) is 30.7 Å². The molecule has 6 nitrogen and oxygen atoms in total. The van der Waals surface area contributed by atoms with Gasteiger partial charge in [0.1, 0.15) is 6.04 Å². The molecule has 2 N–H and O–H groups in total. The second kappa shape index (κ2) is 5.99. The van der Waals surface area contributed by atoms with E-state index in [0.717, 1.165) is 25.7 Å². The van der Waals surface area contributed by atoms with Crippen LogP contribution in [0.4, 0.5) is 0 Å². The normalized spacial score (nSPS) is 40.1. The monoisotopic (exact) mass is 348 g/mol. The summed E-state index contributed by atoms with van der Waals surface area (Å²) in [7, 11) is 0. The van der Waals surface area contributed by atoms with Crippen molar-refractivity contribution in [2.24, 2.45) is 28.9 Å². The Morgan fingerprint density at radius 1 is 1.08 bits per heavy atom. The molecule has 5 aliphatic rings. The van der Waals surface area contributed by atoms with E-state index >= 15 is 0 Å². The minimum atomic E-state index is -0.954. The fraction of sp³-hybridized carbons (Fsp3) is 0.842. The van der Waals surface area contributed by atoms with E-state index < -0.39 is 24.0 Å². The van der Waals surface area contributed by atoms with E-state index in [9.17, 15) is 14.4 Å². The molecule has 0 aromatic rings. The van der Waals surface area contributed by atoms with Crippen LogP contribution < -0.4 is 5.73 Å². The maximum absolute atomic E-state index is 13.5. The lowest BCUT2D eigenvalue weighted by Crippen LogP contribution is -2.56. The van der Waals surface area contributed by atoms with E-state index in [-0.39, 0.29) is 11.3 Å². The minimum absolute atomic E-state index is 0.165. The smallest absolute Gasteiger partial charge is 0.329 e. The van der Waals surface area contributed by atoms with Gasteiger partial charge in [0.15, 0.2) is 6.10 Å². The number of nitrogens with two attached hydrogens (primary N) is 1. The van der Waals surface area contributed by atoms with Crippen LogP contribution in [0.2, 0.25) is 0 Å². The van der Waals surface area contributed by atoms with Crippen LogP contribution in [0.3, 0.4) is 0 Å². The van der Waals surface area contributed by atoms with Gasteiger partial charge >= 0.3 is 5.97 Å². The van der Waals surface area contributed by atoms with Crippen molar-refractivity contribution >= 4 is 17.8 Å². The van der Waals surface area contributed by atoms with Crippen LogP contribution in [0.5, 0.6) is 0 Å². The Bertz CT molecular complexity index is 567. The molecule has 4 saturated carbocycles. The van der Waals surface area contributed by atoms with Gasteiger partial charge in [0.2, 0.25) is 5.91 Å². The van der Waals surface area contributed by atoms with Crippen molar-refractivity contribution in [2.75, 3.05) is 6.54 Å². The highest BCUT2D eigenvalue weighted by Crippen LogP contribution is 2.60. The second-order valence-electron chi connectivity index (χ2n) is 8.84. The topological polar surface area (TPSA) is 89.7 Å². The van der Waals surface area contributed by atoms with E-state index in [1.165, 1.54) is 26.2 Å². The Labute approximate surface area is 148 Å². The molecule has 0 radical (unpaired) electrons. The molecule has 4 aliphatic carbocycles. The summed E-state index contributed by atoms with van der Waals surface area (Å²) in [5.74, 6) is 1.10. The predicted molar refractivity (Wildman–Crippen MR) is 90.1 cm³/mol. The fourth-order valence-corrected chi connectivity index (χ4v) is 6.24. The fourth-order valence-electron chi connectivity index (χ4n) is 6.24. The number of esters is 1. The van der Waals surface area contributed by atoms with E-state index in [4.69, 9.17) is 10.5 Å². The maximum Gasteiger partial charge on any atom is 0.329 e. The van der Waals surface area contributed by atoms with Crippen LogP contribution in [0, 0.1) is 23.2 Å². The molecular weight excluding hydrogens is 320 g/mol. The van der Waals surface area contributed by atoms with Gasteiger partial charge in [-0.2, -0.15) is 0 Å². The Morgan fingerprint density at radius 3 is 2.16 bits per heavy atom. The summed E-state index contributed by atoms with van der Waals surface area (Å²) in [5, 5.41) is 0. The van der Waals surface area contributed by atoms with Crippen molar-refractivity contribution in [3.8, 4) is 0 Å². The molecular formula is C19H28N2O4. The van der Waals surface area contributed by atoms with Crippen LogP contribution in [0.25, 0.3) is 0 Å². The molecule has 0 aromatic carbocycles. The summed E-state index contributed by atoms with van der Waals surface area (Å²) in [6, 6.07) is -0.553. The van der Waals surface area contributed by atoms with Gasteiger partial charge in [-0.1, -0.05) is 0 Å². The molecule has 2 amide bonds. The van der Waals surface area contributed by atoms with Crippen molar-refractivity contribution in [1.82, 2.24) is 4.90 Å². The standard InChI is InChI=1S/C19H28N2O4/c1-11(16(20)22)25-17(23)15-3-2-4-21(15)18(24)19-8-12-5-13(9-19)7-14(6-12)10-19/h11-15H,2-10H2,1H3,(H2,20,22). The highest BCUT2D eigenvalue weighted by Gasteiger charge is 2.57. The van der Waals surface area contributed by atoms with Gasteiger partial charge in [-0.25, -0.2) is 4.79 Å². The van der Waals surface area contributed by atoms with Crippen molar-refractivity contribution in [3.05, 3.63) is 0 Å². The Hall–Kier alpha value is -1.59. The van der Waals surface area contributed by atoms with Crippen LogP contribution >= 0.6 is 0 Å². The van der Waals surface area contributed by atoms with Gasteiger partial charge in [-0.05, 0) is 76.0 Å². The van der Waals surface area contributed by atoms with Crippen molar-refractivity contribution < 1.29 is 19.1 Å². The third-order valence-electron chi connectivity index (χ3n) is 6.97. The quantitative estimate of drug-likeness (QED) is 0.782. The number of rotatable bonds is 4. The number of primary amides is 1. The van der Waals surface area contributed by atoms with Gasteiger partial charge in [-0.15, -0.1) is 0 Å². The predicted octanol–water partition coefficient (Wildman–Crippen LogP) is 1.61. The number of amides is 2. The van der Waals surface area contributed by atoms with E-state index in [1.54, 1.807) is 4.90 Å². The minimum Gasteiger partial charge on any atom is -0.451 e. The lowest BCUT2D eigenvalue weighted by atomic mass is 9.49. The van der Waals surface area contributed by atoms with Crippen LogP contribution in [-0.2, 0) is 19.1 Å². The summed E-state index contributed by atoms with van der Waals surface area (Å²) < 4.78 is 5.19. The number of carbonyl (C=O) groups excluding carboxylic acids is 3. The summed E-state index contributed by atoms with van der Waals surface area (Å²) in [5.41, 5.74) is 4.94. The van der Waals surface area contributed by atoms with Gasteiger partial charge in [0, 0.05) is 6.54 Å². The van der Waals surface area contributed by atoms with E-state index in [2.05, 4.69) is 0 Å². The molecule has 0 aromatic heterocycles. The first-order valence-corrected chi connectivity index (χ1v) is 9.69. The lowest BCUT2D eigenvalue weighted by molar-refractivity contribution is -0.168.